The van der Waals surface area contributed by atoms with Crippen LogP contribution < -0.4 is 0 Å². The number of hydrogen-bond acceptors (Lipinski definition) is 12. The molecule has 43 heavy (non-hydrogen) atoms. The van der Waals surface area contributed by atoms with Gasteiger partial charge in [0.1, 0.15) is 22.7 Å². The van der Waals surface area contributed by atoms with Gasteiger partial charge in [0.25, 0.3) is 0 Å². The number of carbonyl (C=O) groups is 6. The van der Waals surface area contributed by atoms with Gasteiger partial charge >= 0.3 is 23.9 Å². The molecule has 0 fully saturated rings. The van der Waals surface area contributed by atoms with E-state index in [4.69, 9.17) is 9.47 Å². The van der Waals surface area contributed by atoms with E-state index in [1.807, 2.05) is 0 Å². The third kappa shape index (κ3) is 10.9. The molecule has 2 N–H and O–H groups in total. The largest absolute Gasteiger partial charge is 0.506 e. The van der Waals surface area contributed by atoms with Crippen molar-refractivity contribution in [1.29, 1.82) is 0 Å². The zero-order valence-electron chi connectivity index (χ0n) is 24.3. The molecule has 0 aliphatic rings. The fraction of sp³-hybridized carbons (Fsp3) is 0.267. The Labute approximate surface area is 258 Å². The molecule has 0 aromatic heterocycles. The minimum atomic E-state index is -0.911. The molecule has 0 aliphatic carbocycles. The summed E-state index contributed by atoms with van der Waals surface area (Å²) >= 11 is 0. The smallest absolute Gasteiger partial charge is 0.345 e. The van der Waals surface area contributed by atoms with Gasteiger partial charge in [-0.15, -0.1) is 0 Å². The molecular formula is C30H32CuO12. The van der Waals surface area contributed by atoms with Crippen molar-refractivity contribution in [3.8, 4) is 0 Å². The molecule has 0 heterocycles. The van der Waals surface area contributed by atoms with E-state index >= 15 is 0 Å². The summed E-state index contributed by atoms with van der Waals surface area (Å²) in [4.78, 5) is 69.4. The number of esters is 4. The Morgan fingerprint density at radius 3 is 1.16 bits per heavy atom. The number of hydrogen-bond donors (Lipinski definition) is 2. The van der Waals surface area contributed by atoms with Crippen molar-refractivity contribution >= 4 is 47.0 Å². The number of benzene rings is 2. The summed E-state index contributed by atoms with van der Waals surface area (Å²) in [7, 11) is 2.45. The number of aliphatic hydroxyl groups excluding tert-OH is 2. The van der Waals surface area contributed by atoms with Crippen molar-refractivity contribution in [2.75, 3.05) is 27.4 Å². The minimum Gasteiger partial charge on any atom is -0.506 e. The van der Waals surface area contributed by atoms with E-state index in [9.17, 15) is 39.0 Å². The van der Waals surface area contributed by atoms with Crippen LogP contribution in [0.15, 0.2) is 59.7 Å². The summed E-state index contributed by atoms with van der Waals surface area (Å²) < 4.78 is 18.6. The molecule has 2 aromatic carbocycles. The van der Waals surface area contributed by atoms with Crippen molar-refractivity contribution in [2.45, 2.75) is 27.7 Å². The van der Waals surface area contributed by atoms with Gasteiger partial charge < -0.3 is 29.2 Å². The zero-order chi connectivity index (χ0) is 32.0. The number of ketones is 2. The number of aliphatic hydroxyl groups is 2. The van der Waals surface area contributed by atoms with Crippen molar-refractivity contribution in [3.63, 3.8) is 0 Å². The van der Waals surface area contributed by atoms with Gasteiger partial charge in [-0.1, -0.05) is 24.3 Å². The molecule has 0 spiro atoms. The second kappa shape index (κ2) is 18.6. The molecule has 2 rings (SSSR count). The second-order valence-electron chi connectivity index (χ2n) is 8.15. The third-order valence-electron chi connectivity index (χ3n) is 5.25. The second-order valence-corrected chi connectivity index (χ2v) is 8.15. The zero-order valence-corrected chi connectivity index (χ0v) is 25.3. The molecule has 12 nitrogen and oxygen atoms in total. The van der Waals surface area contributed by atoms with Crippen molar-refractivity contribution in [3.05, 3.63) is 81.9 Å². The van der Waals surface area contributed by atoms with E-state index < -0.39 is 58.1 Å². The first kappa shape index (κ1) is 38.3. The van der Waals surface area contributed by atoms with Crippen LogP contribution in [0, 0.1) is 0 Å². The monoisotopic (exact) mass is 647 g/mol. The first-order valence-corrected chi connectivity index (χ1v) is 12.4. The molecular weight excluding hydrogens is 616 g/mol. The molecule has 2 aromatic rings. The van der Waals surface area contributed by atoms with Gasteiger partial charge in [0.05, 0.1) is 38.6 Å². The van der Waals surface area contributed by atoms with Gasteiger partial charge in [-0.25, -0.2) is 19.2 Å². The minimum absolute atomic E-state index is 0. The first-order chi connectivity index (χ1) is 19.8. The van der Waals surface area contributed by atoms with Crippen molar-refractivity contribution < 1.29 is 75.0 Å². The van der Waals surface area contributed by atoms with E-state index in [1.165, 1.54) is 62.8 Å². The van der Waals surface area contributed by atoms with Crippen molar-refractivity contribution in [1.82, 2.24) is 0 Å². The normalized spacial score (nSPS) is 11.1. The van der Waals surface area contributed by atoms with Crippen LogP contribution in [0.5, 0.6) is 0 Å². The molecule has 0 atom stereocenters. The molecule has 235 valence electrons. The molecule has 0 saturated carbocycles. The van der Waals surface area contributed by atoms with Gasteiger partial charge in [-0.3, -0.25) is 9.59 Å². The standard InChI is InChI=1S/2C15H16O6.Cu/c2*1-4-21-15(19)12(9(2)16)13(17)10-6-5-7-11(8-10)14(18)20-3;/h2*5-8,17H,4H2,1-3H3;/b2*13-12-;. The molecule has 1 radical (unpaired) electrons. The van der Waals surface area contributed by atoms with E-state index in [2.05, 4.69) is 9.47 Å². The molecule has 0 aliphatic heterocycles. The Morgan fingerprint density at radius 1 is 0.605 bits per heavy atom. The van der Waals surface area contributed by atoms with Gasteiger partial charge in [0.2, 0.25) is 0 Å². The maximum atomic E-state index is 11.7. The Balaban J connectivity index is 0.000000802. The first-order valence-electron chi connectivity index (χ1n) is 12.4. The summed E-state index contributed by atoms with van der Waals surface area (Å²) in [5.41, 5.74) is -0.244. The van der Waals surface area contributed by atoms with Crippen LogP contribution in [0.4, 0.5) is 0 Å². The van der Waals surface area contributed by atoms with Crippen LogP contribution in [-0.2, 0) is 55.2 Å². The number of rotatable bonds is 10. The predicted octanol–water partition coefficient (Wildman–Crippen LogP) is 3.79. The van der Waals surface area contributed by atoms with E-state index in [0.29, 0.717) is 0 Å². The number of carbonyl (C=O) groups excluding carboxylic acids is 6. The van der Waals surface area contributed by atoms with Crippen LogP contribution in [0.25, 0.3) is 11.5 Å². The van der Waals surface area contributed by atoms with Gasteiger partial charge in [-0.2, -0.15) is 0 Å². The van der Waals surface area contributed by atoms with Crippen LogP contribution in [0.2, 0.25) is 0 Å². The average molecular weight is 648 g/mol. The molecule has 0 saturated heterocycles. The molecule has 13 heteroatoms. The Bertz CT molecular complexity index is 1310. The van der Waals surface area contributed by atoms with Gasteiger partial charge in [0.15, 0.2) is 11.6 Å². The van der Waals surface area contributed by atoms with E-state index in [0.717, 1.165) is 13.8 Å². The fourth-order valence-electron chi connectivity index (χ4n) is 3.33. The van der Waals surface area contributed by atoms with Crippen molar-refractivity contribution in [2.24, 2.45) is 0 Å². The quantitative estimate of drug-likeness (QED) is 0.0726. The maximum absolute atomic E-state index is 11.7. The van der Waals surface area contributed by atoms with Crippen LogP contribution in [0.1, 0.15) is 59.5 Å². The number of methoxy groups -OCH3 is 2. The topological polar surface area (TPSA) is 180 Å². The van der Waals surface area contributed by atoms with Crippen LogP contribution in [-0.4, -0.2) is 73.1 Å². The maximum Gasteiger partial charge on any atom is 0.345 e. The Morgan fingerprint density at radius 2 is 0.907 bits per heavy atom. The summed E-state index contributed by atoms with van der Waals surface area (Å²) in [6.45, 7) is 5.62. The van der Waals surface area contributed by atoms with Crippen LogP contribution >= 0.6 is 0 Å². The van der Waals surface area contributed by atoms with E-state index in [-0.39, 0.29) is 52.5 Å². The van der Waals surface area contributed by atoms with Crippen LogP contribution in [0.3, 0.4) is 0 Å². The summed E-state index contributed by atoms with van der Waals surface area (Å²) in [5.74, 6) is -5.34. The third-order valence-corrected chi connectivity index (χ3v) is 5.25. The summed E-state index contributed by atoms with van der Waals surface area (Å²) in [6.07, 6.45) is 0. The Kier molecular flexibility index (Phi) is 16.6. The summed E-state index contributed by atoms with van der Waals surface area (Å²) in [6, 6.07) is 11.5. The molecule has 0 bridgehead atoms. The molecule has 0 unspecified atom stereocenters. The number of Topliss-reactive ketones (excluding diaryl/α,β-unsaturated/α-hetero) is 2. The SMILES string of the molecule is CCOC(=O)/C(C(C)=O)=C(\O)c1cccc(C(=O)OC)c1.CCOC(=O)/C(C(C)=O)=C(\O)c1cccc(C(=O)OC)c1.[Cu]. The van der Waals surface area contributed by atoms with E-state index in [1.54, 1.807) is 13.8 Å². The van der Waals surface area contributed by atoms with Gasteiger partial charge in [0, 0.05) is 28.2 Å². The predicted molar refractivity (Wildman–Crippen MR) is 149 cm³/mol. The average Bonchev–Trinajstić information content (AvgIpc) is 2.96. The summed E-state index contributed by atoms with van der Waals surface area (Å²) in [5, 5.41) is 20.3. The number of ether oxygens (including phenoxy) is 4. The molecule has 0 amide bonds. The van der Waals surface area contributed by atoms with Gasteiger partial charge in [-0.05, 0) is 52.0 Å². The fourth-order valence-corrected chi connectivity index (χ4v) is 3.33. The Hall–Kier alpha value is -4.74.